The highest BCUT2D eigenvalue weighted by molar-refractivity contribution is 5.72. The molecule has 0 bridgehead atoms. The number of nitrogens with one attached hydrogen (secondary N) is 2. The van der Waals surface area contributed by atoms with Crippen LogP contribution in [0.3, 0.4) is 0 Å². The third-order valence-corrected chi connectivity index (χ3v) is 25.4. The number of amides is 2. The first-order chi connectivity index (χ1) is 61.9. The zero-order valence-electron chi connectivity index (χ0n) is 71.7. The molecule has 58 heteroatoms. The molecule has 9 aliphatic heterocycles. The van der Waals surface area contributed by atoms with Gasteiger partial charge in [-0.1, -0.05) is 0 Å². The van der Waals surface area contributed by atoms with Crippen LogP contribution in [0.1, 0.15) is 34.5 Å². The molecule has 53 N–H and O–H groups in total. The highest BCUT2D eigenvalue weighted by atomic mass is 16.8. The van der Waals surface area contributed by atoms with Crippen LogP contribution in [0.2, 0.25) is 0 Å². The first-order valence-electron chi connectivity index (χ1n) is 43.3. The van der Waals surface area contributed by atoms with Gasteiger partial charge in [0, 0.05) is 77.3 Å². The van der Waals surface area contributed by atoms with Crippen molar-refractivity contribution in [1.82, 2.24) is 10.6 Å². The van der Waals surface area contributed by atoms with E-state index in [1.165, 1.54) is 6.92 Å². The Balaban J connectivity index is 0.000000204. The Morgan fingerprint density at radius 2 is 0.531 bits per heavy atom. The zero-order chi connectivity index (χ0) is 96.8. The van der Waals surface area contributed by atoms with Crippen LogP contribution in [-0.2, 0) is 94.9 Å². The Kier molecular flexibility index (Phi) is 39.3. The van der Waals surface area contributed by atoms with Gasteiger partial charge in [-0.05, 0) is 26.2 Å². The summed E-state index contributed by atoms with van der Waals surface area (Å²) in [6, 6.07) is -12.9. The molecule has 9 heterocycles. The standard InChI is InChI=1S/C25H48N6O14.C24H46N6O14.C23H45N5O13/c1-6(33)31-4-10-21(44-23-12(29)17(37)15(35)9(3-26)40-23)19(39)25(41-10)45-22-14(34)7(27)2-8(28)20(22)43-24-13(30)18(38)16(36)11(5-32)42-24;25-2-8-14(34)16(36)11(28)22(39-8)43-20-9(3-30-5-32)40-24(18(20)38)44-21-13(33)6(26)1-7(27)19(21)42-23-12(29)17(37)15(35)10(4-31)41-23;1-5-18(39-21-10(27)15(33)13(31)8(3-24)37-21)17(35)23(36-5)41-20-12(30)6(25)2-7(26)19(20)40-22-11(28)16(34)14(32)9(4-29)38-22/h7-25,32,34-39H,2-5,26-30H2,1H3,(H,31,33);5-24,31,33-38H,1-4,25-29H2,(H,30,32);5-23,29-35H,2-4,24-28H2,1H3/t7-,8?,9+,10-,11?,12?,13?,14?,15-,16-,17?,18-,19?,20-,21+,22-,23-,24-,25+;6-,7?,8+,9-,10?,11?,12?,13?,14-,15-,16?,17-,18?,19-,20+,21-,22-,23-,24+;5-,6-,7?,8+,9?,10?,11?,12?,13-,14-,15?,16-,17?,18+,19-,20-,21-,22-,23+/m111/s1/i;;1D. The molecular formula is C72H139N17O41. The van der Waals surface area contributed by atoms with Crippen LogP contribution in [-0.4, -0.2) is 521 Å². The largest absolute Gasteiger partial charge is 0.394 e. The van der Waals surface area contributed by atoms with Crippen molar-refractivity contribution in [3.05, 3.63) is 0 Å². The third-order valence-electron chi connectivity index (χ3n) is 25.4. The lowest BCUT2D eigenvalue weighted by molar-refractivity contribution is -0.310. The van der Waals surface area contributed by atoms with Crippen molar-refractivity contribution in [3.63, 3.8) is 0 Å². The van der Waals surface area contributed by atoms with Gasteiger partial charge < -0.3 is 289 Å². The quantitative estimate of drug-likeness (QED) is 0.0309. The van der Waals surface area contributed by atoms with Gasteiger partial charge in [0.15, 0.2) is 56.6 Å². The van der Waals surface area contributed by atoms with Crippen molar-refractivity contribution in [2.75, 3.05) is 52.5 Å². The number of aliphatic hydroxyl groups is 21. The van der Waals surface area contributed by atoms with Crippen LogP contribution >= 0.6 is 0 Å². The summed E-state index contributed by atoms with van der Waals surface area (Å²) in [6.07, 6.45) is -60.6. The minimum atomic E-state index is -1.62. The van der Waals surface area contributed by atoms with Gasteiger partial charge >= 0.3 is 0 Å². The van der Waals surface area contributed by atoms with E-state index in [-0.39, 0.29) is 52.0 Å². The van der Waals surface area contributed by atoms with Gasteiger partial charge in [0.1, 0.15) is 195 Å². The summed E-state index contributed by atoms with van der Waals surface area (Å²) in [4.78, 5) is 22.7. The van der Waals surface area contributed by atoms with E-state index in [0.717, 1.165) is 0 Å². The van der Waals surface area contributed by atoms with E-state index in [2.05, 4.69) is 10.6 Å². The Morgan fingerprint density at radius 1 is 0.300 bits per heavy atom. The fourth-order valence-corrected chi connectivity index (χ4v) is 17.4. The van der Waals surface area contributed by atoms with Crippen molar-refractivity contribution >= 4 is 12.3 Å². The molecule has 12 aliphatic rings. The molecule has 57 atom stereocenters. The summed E-state index contributed by atoms with van der Waals surface area (Å²) < 4.78 is 112. The van der Waals surface area contributed by atoms with Crippen molar-refractivity contribution in [2.24, 2.45) is 86.0 Å². The molecular weight excluding hydrogens is 1760 g/mol. The molecule has 58 nitrogen and oxygen atoms in total. The molecule has 9 saturated heterocycles. The number of hydrogen-bond acceptors (Lipinski definition) is 56. The second-order valence-electron chi connectivity index (χ2n) is 34.5. The highest BCUT2D eigenvalue weighted by Crippen LogP contribution is 2.40. The maximum Gasteiger partial charge on any atom is 0.216 e. The molecule has 0 spiro atoms. The van der Waals surface area contributed by atoms with Crippen molar-refractivity contribution in [3.8, 4) is 0 Å². The van der Waals surface area contributed by atoms with Crippen molar-refractivity contribution in [2.45, 2.75) is 382 Å². The molecule has 0 aromatic heterocycles. The number of nitrogens with two attached hydrogens (primary N) is 15. The normalized spacial score (nSPS) is 52.5. The molecule has 130 heavy (non-hydrogen) atoms. The molecule has 0 radical (unpaired) electrons. The van der Waals surface area contributed by atoms with Crippen LogP contribution in [0.5, 0.6) is 0 Å². The van der Waals surface area contributed by atoms with Crippen LogP contribution < -0.4 is 96.6 Å². The van der Waals surface area contributed by atoms with E-state index in [1.54, 1.807) is 0 Å². The Morgan fingerprint density at radius 3 is 0.792 bits per heavy atom. The second kappa shape index (κ2) is 47.6. The molecule has 12 rings (SSSR count). The number of aliphatic hydroxyl groups excluding tert-OH is 21. The Bertz CT molecular complexity index is 3450. The van der Waals surface area contributed by atoms with Gasteiger partial charge in [-0.2, -0.15) is 0 Å². The van der Waals surface area contributed by atoms with Crippen molar-refractivity contribution in [1.29, 1.82) is 0 Å². The maximum absolute atomic E-state index is 11.7. The number of hydrogen-bond donors (Lipinski definition) is 38. The monoisotopic (exact) mass is 1900 g/mol. The summed E-state index contributed by atoms with van der Waals surface area (Å²) in [6.45, 7) is -2.00. The lowest BCUT2D eigenvalue weighted by atomic mass is 9.84. The average Bonchev–Trinajstić information content (AvgIpc) is 1.72. The van der Waals surface area contributed by atoms with E-state index in [0.29, 0.717) is 6.41 Å². The van der Waals surface area contributed by atoms with Gasteiger partial charge in [-0.15, -0.1) is 0 Å². The maximum atomic E-state index is 11.7. The minimum absolute atomic E-state index is 0.0562. The third kappa shape index (κ3) is 24.1. The Hall–Kier alpha value is -3.22. The number of ether oxygens (including phenoxy) is 18. The molecule has 3 aliphatic carbocycles. The fraction of sp³-hybridized carbons (Fsp3) is 0.972. The van der Waals surface area contributed by atoms with E-state index in [4.69, 9.17) is 173 Å². The number of rotatable bonds is 29. The summed E-state index contributed by atoms with van der Waals surface area (Å²) in [5.74, 6) is -0.422. The molecule has 758 valence electrons. The van der Waals surface area contributed by atoms with Gasteiger partial charge in [-0.25, -0.2) is 0 Å². The first kappa shape index (κ1) is 107. The molecule has 12 fully saturated rings. The summed E-state index contributed by atoms with van der Waals surface area (Å²) >= 11 is 0. The SMILES string of the molecule is CC(=O)NC[C@H]1O[C@@H](O[C@@H]2C(O)[C@H](N)CC(N)[C@H]2O[C@H]2OC(CO)[C@@H](O)[C@H](O)C2N)C(O)[C@H]1O[C@H]1O[C@@H](CN)[C@@H](O)C(O)C1N.NC[C@@H]1O[C@H](O[C@@H]2C(O)[C@H](O[C@@H]3C(O)[C@H](N)CC(N)[C@H]3O[C@H]3OC(CO)[C@@H](O)[C@H](O)C3N)O[C@@H]2CNC=O)C(N)C(O)[C@@H]1O.[2H]C[C@H]1O[C@@H](O[C@@H]2C(O)[C@H](N)CC(N)[C@H]2O[C@H]2OC(CO)[C@@H](O)[C@H](O)C2N)C(O)[C@H]1O[C@H]1O[C@@H](CN)[C@@H](O)C(O)C1N. The molecule has 3 saturated carbocycles. The highest BCUT2D eigenvalue weighted by Gasteiger charge is 2.60. The zero-order valence-corrected chi connectivity index (χ0v) is 70.7. The average molecular weight is 1900 g/mol. The lowest BCUT2D eigenvalue weighted by Crippen LogP contribution is -2.68. The van der Waals surface area contributed by atoms with Gasteiger partial charge in [-0.3, -0.25) is 9.59 Å². The fourth-order valence-electron chi connectivity index (χ4n) is 17.4. The molecule has 0 aromatic carbocycles. The van der Waals surface area contributed by atoms with Gasteiger partial charge in [0.05, 0.1) is 80.5 Å². The number of carbonyl (C=O) groups excluding carboxylic acids is 2. The van der Waals surface area contributed by atoms with Crippen LogP contribution in [0.25, 0.3) is 0 Å². The minimum Gasteiger partial charge on any atom is -0.394 e. The lowest BCUT2D eigenvalue weighted by Gasteiger charge is -2.47. The first-order valence-corrected chi connectivity index (χ1v) is 42.6. The van der Waals surface area contributed by atoms with E-state index in [9.17, 15) is 117 Å². The van der Waals surface area contributed by atoms with Gasteiger partial charge in [0.2, 0.25) is 12.3 Å². The summed E-state index contributed by atoms with van der Waals surface area (Å²) in [5.41, 5.74) is 90.2. The predicted octanol–water partition coefficient (Wildman–Crippen LogP) is -25.7. The topological polar surface area (TPSA) is 1040 Å². The van der Waals surface area contributed by atoms with Crippen molar-refractivity contribution < 1.29 is 203 Å². The molecule has 2 amide bonds. The summed E-state index contributed by atoms with van der Waals surface area (Å²) in [5, 5.41) is 223. The van der Waals surface area contributed by atoms with Gasteiger partial charge in [0.25, 0.3) is 0 Å². The number of carbonyl (C=O) groups is 2. The smallest absolute Gasteiger partial charge is 0.216 e. The van der Waals surface area contributed by atoms with Crippen LogP contribution in [0, 0.1) is 0 Å². The van der Waals surface area contributed by atoms with E-state index >= 15 is 0 Å². The van der Waals surface area contributed by atoms with E-state index in [1.807, 2.05) is 0 Å². The predicted molar refractivity (Wildman–Crippen MR) is 426 cm³/mol. The second-order valence-corrected chi connectivity index (χ2v) is 34.5. The summed E-state index contributed by atoms with van der Waals surface area (Å²) in [7, 11) is 0. The van der Waals surface area contributed by atoms with Crippen LogP contribution in [0.4, 0.5) is 0 Å². The Labute approximate surface area is 744 Å². The van der Waals surface area contributed by atoms with E-state index < -0.39 is 381 Å². The molecule has 0 aromatic rings. The molecule has 21 unspecified atom stereocenters. The van der Waals surface area contributed by atoms with Crippen LogP contribution in [0.15, 0.2) is 0 Å².